The zero-order chi connectivity index (χ0) is 30.9. The van der Waals surface area contributed by atoms with Crippen LogP contribution in [0.1, 0.15) is 72.6 Å². The number of piperazine rings is 2. The molecule has 0 aromatic heterocycles. The molecule has 0 unspecified atom stereocenters. The lowest BCUT2D eigenvalue weighted by Gasteiger charge is -2.62. The van der Waals surface area contributed by atoms with E-state index in [2.05, 4.69) is 51.8 Å². The number of esters is 2. The summed E-state index contributed by atoms with van der Waals surface area (Å²) in [6.45, 7) is 17.3. The van der Waals surface area contributed by atoms with Gasteiger partial charge in [0.15, 0.2) is 0 Å². The van der Waals surface area contributed by atoms with Crippen molar-refractivity contribution in [2.24, 2.45) is 34.5 Å². The molecule has 6 fully saturated rings. The van der Waals surface area contributed by atoms with Gasteiger partial charge >= 0.3 is 11.9 Å². The molecule has 0 aromatic carbocycles. The van der Waals surface area contributed by atoms with E-state index >= 15 is 0 Å². The van der Waals surface area contributed by atoms with Gasteiger partial charge < -0.3 is 18.4 Å². The quantitative estimate of drug-likeness (QED) is 0.362. The maximum absolute atomic E-state index is 12.5. The third-order valence-electron chi connectivity index (χ3n) is 14.1. The Bertz CT molecular complexity index is 1060. The van der Waals surface area contributed by atoms with Crippen LogP contribution in [-0.4, -0.2) is 136 Å². The first-order valence-electron chi connectivity index (χ1n) is 17.6. The summed E-state index contributed by atoms with van der Waals surface area (Å²) in [6.07, 6.45) is 8.22. The normalized spacial score (nSPS) is 46.2. The third kappa shape index (κ3) is 5.81. The van der Waals surface area contributed by atoms with Crippen molar-refractivity contribution in [2.75, 3.05) is 80.5 Å². The predicted octanol–water partition coefficient (Wildman–Crippen LogP) is 3.63. The zero-order valence-corrected chi connectivity index (χ0v) is 28.6. The van der Waals surface area contributed by atoms with E-state index in [1.54, 1.807) is 13.8 Å². The Labute approximate surface area is 261 Å². The van der Waals surface area contributed by atoms with E-state index in [4.69, 9.17) is 9.47 Å². The van der Waals surface area contributed by atoms with Crippen LogP contribution in [0.5, 0.6) is 0 Å². The molecule has 0 amide bonds. The number of quaternary nitrogens is 2. The Kier molecular flexibility index (Phi) is 8.30. The molecule has 0 spiro atoms. The van der Waals surface area contributed by atoms with Crippen molar-refractivity contribution in [3.05, 3.63) is 0 Å². The summed E-state index contributed by atoms with van der Waals surface area (Å²) >= 11 is 0. The second-order valence-electron chi connectivity index (χ2n) is 17.5. The summed E-state index contributed by atoms with van der Waals surface area (Å²) in [7, 11) is 9.36. The van der Waals surface area contributed by atoms with Crippen LogP contribution in [0.3, 0.4) is 0 Å². The molecule has 10 atom stereocenters. The summed E-state index contributed by atoms with van der Waals surface area (Å²) in [5.41, 5.74) is 0.308. The van der Waals surface area contributed by atoms with Crippen LogP contribution in [-0.2, 0) is 19.1 Å². The van der Waals surface area contributed by atoms with Crippen LogP contribution in [0.25, 0.3) is 0 Å². The molecule has 4 aliphatic carbocycles. The van der Waals surface area contributed by atoms with Crippen LogP contribution in [0.2, 0.25) is 0 Å². The largest absolute Gasteiger partial charge is 0.461 e. The van der Waals surface area contributed by atoms with Gasteiger partial charge in [0.2, 0.25) is 0 Å². The van der Waals surface area contributed by atoms with Gasteiger partial charge in [-0.3, -0.25) is 19.4 Å². The first-order valence-corrected chi connectivity index (χ1v) is 17.6. The van der Waals surface area contributed by atoms with Crippen molar-refractivity contribution in [3.8, 4) is 0 Å². The van der Waals surface area contributed by atoms with E-state index in [9.17, 15) is 9.59 Å². The fraction of sp³-hybridized carbons (Fsp3) is 0.943. The number of carbonyl (C=O) groups excluding carboxylic acids is 2. The topological polar surface area (TPSA) is 59.1 Å². The molecular formula is C35H62N4O4+2. The van der Waals surface area contributed by atoms with Gasteiger partial charge in [-0.1, -0.05) is 13.8 Å². The number of carbonyl (C=O) groups is 2. The molecule has 244 valence electrons. The lowest BCUT2D eigenvalue weighted by molar-refractivity contribution is -0.894. The molecule has 6 aliphatic rings. The molecule has 2 heterocycles. The van der Waals surface area contributed by atoms with E-state index in [-0.39, 0.29) is 35.0 Å². The van der Waals surface area contributed by atoms with Crippen molar-refractivity contribution in [3.63, 3.8) is 0 Å². The number of hydrogen-bond acceptors (Lipinski definition) is 6. The average molecular weight is 603 g/mol. The predicted molar refractivity (Wildman–Crippen MR) is 168 cm³/mol. The van der Waals surface area contributed by atoms with Crippen molar-refractivity contribution in [1.29, 1.82) is 0 Å². The molecule has 2 aliphatic heterocycles. The lowest BCUT2D eigenvalue weighted by Crippen LogP contribution is -2.64. The minimum atomic E-state index is -0.123. The number of nitrogens with zero attached hydrogens (tertiary/aromatic N) is 4. The van der Waals surface area contributed by atoms with Crippen LogP contribution in [0, 0.1) is 34.5 Å². The second-order valence-corrected chi connectivity index (χ2v) is 17.5. The highest BCUT2D eigenvalue weighted by Crippen LogP contribution is 2.67. The molecule has 0 bridgehead atoms. The maximum Gasteiger partial charge on any atom is 0.302 e. The first-order chi connectivity index (χ1) is 20.1. The van der Waals surface area contributed by atoms with Gasteiger partial charge in [0.05, 0.1) is 54.4 Å². The van der Waals surface area contributed by atoms with E-state index in [1.807, 2.05) is 0 Å². The van der Waals surface area contributed by atoms with Gasteiger partial charge in [0, 0.05) is 57.5 Å². The smallest absolute Gasteiger partial charge is 0.302 e. The van der Waals surface area contributed by atoms with E-state index in [0.717, 1.165) is 80.6 Å². The summed E-state index contributed by atoms with van der Waals surface area (Å²) in [5, 5.41) is 0. The van der Waals surface area contributed by atoms with Crippen LogP contribution in [0.15, 0.2) is 0 Å². The van der Waals surface area contributed by atoms with E-state index < -0.39 is 0 Å². The molecule has 2 saturated heterocycles. The molecule has 0 N–H and O–H groups in total. The highest BCUT2D eigenvalue weighted by atomic mass is 16.5. The van der Waals surface area contributed by atoms with Crippen molar-refractivity contribution >= 4 is 11.9 Å². The second kappa shape index (κ2) is 11.2. The molecule has 4 saturated carbocycles. The maximum atomic E-state index is 12.5. The first kappa shape index (κ1) is 31.7. The number of likely N-dealkylation sites (N-methyl/N-ethyl adjacent to an activating group) is 2. The Morgan fingerprint density at radius 3 is 1.81 bits per heavy atom. The third-order valence-corrected chi connectivity index (χ3v) is 14.1. The average Bonchev–Trinajstić information content (AvgIpc) is 3.20. The lowest BCUT2D eigenvalue weighted by atomic mass is 9.44. The highest BCUT2D eigenvalue weighted by molar-refractivity contribution is 5.66. The summed E-state index contributed by atoms with van der Waals surface area (Å²) in [4.78, 5) is 30.2. The molecule has 6 rings (SSSR count). The minimum absolute atomic E-state index is 0.00234. The molecule has 0 radical (unpaired) electrons. The zero-order valence-electron chi connectivity index (χ0n) is 28.6. The van der Waals surface area contributed by atoms with Crippen molar-refractivity contribution in [1.82, 2.24) is 9.80 Å². The van der Waals surface area contributed by atoms with Crippen molar-refractivity contribution < 1.29 is 28.0 Å². The van der Waals surface area contributed by atoms with Gasteiger partial charge in [-0.05, 0) is 74.0 Å². The summed E-state index contributed by atoms with van der Waals surface area (Å²) in [6, 6.07) is 0.656. The van der Waals surface area contributed by atoms with E-state index in [1.165, 1.54) is 25.7 Å². The molecule has 8 nitrogen and oxygen atoms in total. The molecule has 8 heteroatoms. The summed E-state index contributed by atoms with van der Waals surface area (Å²) < 4.78 is 14.6. The molecular weight excluding hydrogens is 540 g/mol. The Hall–Kier alpha value is -1.22. The minimum Gasteiger partial charge on any atom is -0.461 e. The molecule has 43 heavy (non-hydrogen) atoms. The standard InChI is InChI=1S/C35H62N4O4/c1-24(40)42-32-21-26-9-10-27-28(35(26,4)23-31(32)37-15-19-39(7,8)20-16-37)11-12-34(3)29(27)22-30(33(34)43-25(2)41)36-13-17-38(5,6)18-14-36/h26-33H,9-23H2,1-8H3/q+2/t26-,27+,28+,29+,30-,31-,32+,33-,34-,35-/m0/s1. The van der Waals surface area contributed by atoms with Gasteiger partial charge in [-0.15, -0.1) is 0 Å². The van der Waals surface area contributed by atoms with Gasteiger partial charge in [-0.25, -0.2) is 0 Å². The number of hydrogen-bond donors (Lipinski definition) is 0. The summed E-state index contributed by atoms with van der Waals surface area (Å²) in [5.74, 6) is 2.35. The number of ether oxygens (including phenoxy) is 2. The highest BCUT2D eigenvalue weighted by Gasteiger charge is 2.65. The van der Waals surface area contributed by atoms with Gasteiger partial charge in [-0.2, -0.15) is 0 Å². The molecule has 0 aromatic rings. The van der Waals surface area contributed by atoms with E-state index in [0.29, 0.717) is 35.8 Å². The number of rotatable bonds is 4. The Morgan fingerprint density at radius 1 is 0.698 bits per heavy atom. The van der Waals surface area contributed by atoms with Gasteiger partial charge in [0.25, 0.3) is 0 Å². The SMILES string of the molecule is CC(=O)O[C@@H]1C[C@@H]2CC[C@@H]3[C@@H](CC[C@@]4(C)[C@@H]3C[C@H](N3CC[N+](C)(C)CC3)[C@@H]4OC(C)=O)[C@@]2(C)C[C@@H]1N1CC[N+](C)(C)CC1. The number of fused-ring (bicyclic) bond motifs is 5. The van der Waals surface area contributed by atoms with Crippen molar-refractivity contribution in [2.45, 2.75) is 96.9 Å². The Balaban J connectivity index is 1.26. The fourth-order valence-corrected chi connectivity index (χ4v) is 11.4. The Morgan fingerprint density at radius 2 is 1.26 bits per heavy atom. The van der Waals surface area contributed by atoms with Gasteiger partial charge in [0.1, 0.15) is 12.2 Å². The van der Waals surface area contributed by atoms with Crippen LogP contribution < -0.4 is 0 Å². The van der Waals surface area contributed by atoms with Crippen LogP contribution >= 0.6 is 0 Å². The monoisotopic (exact) mass is 602 g/mol. The fourth-order valence-electron chi connectivity index (χ4n) is 11.4. The van der Waals surface area contributed by atoms with Crippen LogP contribution in [0.4, 0.5) is 0 Å².